The van der Waals surface area contributed by atoms with Crippen molar-refractivity contribution in [1.82, 2.24) is 14.0 Å². The lowest BCUT2D eigenvalue weighted by molar-refractivity contribution is 0.433. The minimum atomic E-state index is -3.72. The number of hydrogen-bond acceptors (Lipinski definition) is 4. The fraction of sp³-hybridized carbons (Fsp3) is 0.364. The Bertz CT molecular complexity index is 992. The van der Waals surface area contributed by atoms with Crippen molar-refractivity contribution in [2.24, 2.45) is 5.10 Å². The molecule has 0 spiro atoms. The Morgan fingerprint density at radius 3 is 2.26 bits per heavy atom. The van der Waals surface area contributed by atoms with E-state index in [1.54, 1.807) is 13.8 Å². The fourth-order valence-corrected chi connectivity index (χ4v) is 4.94. The summed E-state index contributed by atoms with van der Waals surface area (Å²) in [5.74, 6) is -0.0479. The Morgan fingerprint density at radius 1 is 1.13 bits per heavy atom. The van der Waals surface area contributed by atoms with Gasteiger partial charge < -0.3 is 0 Å². The van der Waals surface area contributed by atoms with Crippen molar-refractivity contribution in [2.75, 3.05) is 19.6 Å². The van der Waals surface area contributed by atoms with Crippen molar-refractivity contribution >= 4 is 44.9 Å². The van der Waals surface area contributed by atoms with Crippen LogP contribution in [-0.4, -0.2) is 48.2 Å². The maximum absolute atomic E-state index is 12.5. The highest BCUT2D eigenvalue weighted by molar-refractivity contribution is 7.89. The van der Waals surface area contributed by atoms with Crippen LogP contribution in [0.15, 0.2) is 59.7 Å². The number of rotatable bonds is 6. The summed E-state index contributed by atoms with van der Waals surface area (Å²) in [6.45, 7) is 8.73. The van der Waals surface area contributed by atoms with Crippen LogP contribution in [0.25, 0.3) is 0 Å². The second-order valence-corrected chi connectivity index (χ2v) is 9.03. The van der Waals surface area contributed by atoms with Crippen molar-refractivity contribution in [3.05, 3.63) is 70.7 Å². The molecule has 1 N–H and O–H groups in total. The number of nitrogens with zero attached hydrogens (tertiary/aromatic N) is 3. The van der Waals surface area contributed by atoms with E-state index in [4.69, 9.17) is 23.8 Å². The highest BCUT2D eigenvalue weighted by Gasteiger charge is 2.32. The van der Waals surface area contributed by atoms with E-state index < -0.39 is 10.2 Å². The molecule has 1 unspecified atom stereocenters. The summed E-state index contributed by atoms with van der Waals surface area (Å²) in [5, 5.41) is 6.90. The Morgan fingerprint density at radius 2 is 1.71 bits per heavy atom. The van der Waals surface area contributed by atoms with Crippen LogP contribution in [0.5, 0.6) is 0 Å². The van der Waals surface area contributed by atoms with Crippen LogP contribution >= 0.6 is 23.8 Å². The highest BCUT2D eigenvalue weighted by Crippen LogP contribution is 2.29. The molecule has 0 radical (unpaired) electrons. The molecule has 2 aromatic carbocycles. The lowest BCUT2D eigenvalue weighted by atomic mass is 9.91. The zero-order chi connectivity index (χ0) is 23.0. The molecule has 9 heteroatoms. The lowest BCUT2D eigenvalue weighted by Crippen LogP contribution is -2.47. The first-order valence-corrected chi connectivity index (χ1v) is 12.6. The predicted octanol–water partition coefficient (Wildman–Crippen LogP) is 4.63. The number of hydrogen-bond donors (Lipinski definition) is 1. The Kier molecular flexibility index (Phi) is 9.43. The van der Waals surface area contributed by atoms with E-state index in [1.807, 2.05) is 68.4 Å². The van der Waals surface area contributed by atoms with E-state index in [-0.39, 0.29) is 11.0 Å². The van der Waals surface area contributed by atoms with Crippen molar-refractivity contribution < 1.29 is 8.42 Å². The molecule has 168 valence electrons. The van der Waals surface area contributed by atoms with Gasteiger partial charge in [-0.15, -0.1) is 0 Å². The van der Waals surface area contributed by atoms with Crippen LogP contribution < -0.4 is 4.72 Å². The summed E-state index contributed by atoms with van der Waals surface area (Å²) in [6, 6.07) is 17.4. The van der Waals surface area contributed by atoms with Gasteiger partial charge in [-0.2, -0.15) is 17.8 Å². The highest BCUT2D eigenvalue weighted by atomic mass is 35.5. The monoisotopic (exact) mass is 480 g/mol. The van der Waals surface area contributed by atoms with Crippen molar-refractivity contribution in [1.29, 1.82) is 0 Å². The SMILES string of the molecule is CC.CCN(CC)S(=O)(=O)NC(=S)N1CC(c2ccccc2)C(c2ccc(Cl)cc2)=N1. The second kappa shape index (κ2) is 11.6. The second-order valence-electron chi connectivity index (χ2n) is 6.53. The lowest BCUT2D eigenvalue weighted by Gasteiger charge is -2.23. The number of benzene rings is 2. The van der Waals surface area contributed by atoms with Gasteiger partial charge in [-0.1, -0.05) is 81.8 Å². The van der Waals surface area contributed by atoms with Crippen LogP contribution in [-0.2, 0) is 10.2 Å². The van der Waals surface area contributed by atoms with Crippen molar-refractivity contribution in [3.63, 3.8) is 0 Å². The average Bonchev–Trinajstić information content (AvgIpc) is 3.22. The number of nitrogens with one attached hydrogen (secondary N) is 1. The molecule has 1 aliphatic heterocycles. The van der Waals surface area contributed by atoms with E-state index in [0.717, 1.165) is 16.8 Å². The third-order valence-corrected chi connectivity index (χ3v) is 7.09. The summed E-state index contributed by atoms with van der Waals surface area (Å²) >= 11 is 11.4. The summed E-state index contributed by atoms with van der Waals surface area (Å²) in [7, 11) is -3.72. The van der Waals surface area contributed by atoms with Crippen LogP contribution in [0.4, 0.5) is 0 Å². The minimum absolute atomic E-state index is 0.0479. The molecular formula is C22H29ClN4O2S2. The molecule has 0 aliphatic carbocycles. The topological polar surface area (TPSA) is 65.0 Å². The Labute approximate surface area is 196 Å². The molecule has 0 aromatic heterocycles. The maximum Gasteiger partial charge on any atom is 0.303 e. The number of thiocarbonyl (C=S) groups is 1. The molecule has 31 heavy (non-hydrogen) atoms. The zero-order valence-electron chi connectivity index (χ0n) is 18.2. The first-order valence-electron chi connectivity index (χ1n) is 10.3. The quantitative estimate of drug-likeness (QED) is 0.612. The van der Waals surface area contributed by atoms with Gasteiger partial charge in [-0.05, 0) is 35.5 Å². The molecule has 3 rings (SSSR count). The van der Waals surface area contributed by atoms with Crippen molar-refractivity contribution in [3.8, 4) is 0 Å². The molecule has 0 saturated heterocycles. The zero-order valence-corrected chi connectivity index (χ0v) is 20.6. The molecule has 2 aromatic rings. The van der Waals surface area contributed by atoms with Gasteiger partial charge in [0.25, 0.3) is 0 Å². The van der Waals surface area contributed by atoms with E-state index in [9.17, 15) is 8.42 Å². The van der Waals surface area contributed by atoms with Gasteiger partial charge in [-0.3, -0.25) is 0 Å². The smallest absolute Gasteiger partial charge is 0.245 e. The van der Waals surface area contributed by atoms with E-state index in [0.29, 0.717) is 24.7 Å². The Balaban J connectivity index is 0.00000166. The summed E-state index contributed by atoms with van der Waals surface area (Å²) in [6.07, 6.45) is 0. The fourth-order valence-electron chi connectivity index (χ4n) is 3.25. The average molecular weight is 481 g/mol. The maximum atomic E-state index is 12.5. The molecule has 0 amide bonds. The largest absolute Gasteiger partial charge is 0.303 e. The van der Waals surface area contributed by atoms with Gasteiger partial charge in [0, 0.05) is 24.0 Å². The van der Waals surface area contributed by atoms with Crippen LogP contribution in [0, 0.1) is 0 Å². The molecule has 1 heterocycles. The molecule has 0 saturated carbocycles. The molecule has 1 aliphatic rings. The van der Waals surface area contributed by atoms with Crippen LogP contribution in [0.1, 0.15) is 44.7 Å². The predicted molar refractivity (Wildman–Crippen MR) is 133 cm³/mol. The minimum Gasteiger partial charge on any atom is -0.245 e. The third-order valence-electron chi connectivity index (χ3n) is 4.75. The number of halogens is 1. The normalized spacial score (nSPS) is 15.9. The van der Waals surface area contributed by atoms with Crippen molar-refractivity contribution in [2.45, 2.75) is 33.6 Å². The molecular weight excluding hydrogens is 452 g/mol. The van der Waals surface area contributed by atoms with E-state index in [2.05, 4.69) is 9.82 Å². The van der Waals surface area contributed by atoms with E-state index in [1.165, 1.54) is 9.31 Å². The van der Waals surface area contributed by atoms with E-state index >= 15 is 0 Å². The van der Waals surface area contributed by atoms with Crippen LogP contribution in [0.2, 0.25) is 5.02 Å². The first kappa shape index (κ1) is 25.3. The molecule has 0 fully saturated rings. The molecule has 0 bridgehead atoms. The Hall–Kier alpha value is -2.00. The van der Waals surface area contributed by atoms with Gasteiger partial charge in [0.15, 0.2) is 0 Å². The van der Waals surface area contributed by atoms with Gasteiger partial charge in [-0.25, -0.2) is 9.73 Å². The summed E-state index contributed by atoms with van der Waals surface area (Å²) < 4.78 is 28.9. The van der Waals surface area contributed by atoms with Gasteiger partial charge in [0.1, 0.15) is 0 Å². The standard InChI is InChI=1S/C20H23ClN4O2S2.C2H6/c1-3-24(4-2)29(26,27)23-20(28)25-14-18(15-8-6-5-7-9-15)19(22-25)16-10-12-17(21)13-11-16;1-2/h5-13,18H,3-4,14H2,1-2H3,(H,23,28);1-2H3. The van der Waals surface area contributed by atoms with Gasteiger partial charge in [0.05, 0.1) is 12.3 Å². The molecule has 1 atom stereocenters. The third kappa shape index (κ3) is 6.26. The van der Waals surface area contributed by atoms with Gasteiger partial charge in [0.2, 0.25) is 5.11 Å². The van der Waals surface area contributed by atoms with Gasteiger partial charge >= 0.3 is 10.2 Å². The summed E-state index contributed by atoms with van der Waals surface area (Å²) in [5.41, 5.74) is 2.82. The summed E-state index contributed by atoms with van der Waals surface area (Å²) in [4.78, 5) is 0. The number of hydrazone groups is 1. The first-order chi connectivity index (χ1) is 14.9. The van der Waals surface area contributed by atoms with Crippen LogP contribution in [0.3, 0.4) is 0 Å². The molecule has 6 nitrogen and oxygen atoms in total.